The van der Waals surface area contributed by atoms with E-state index in [1.165, 1.54) is 18.2 Å². The average Bonchev–Trinajstić information content (AvgIpc) is 2.28. The Morgan fingerprint density at radius 3 is 2.72 bits per heavy atom. The molecule has 0 aliphatic heterocycles. The first-order chi connectivity index (χ1) is 8.35. The Balaban J connectivity index is 2.72. The normalized spacial score (nSPS) is 11.6. The molecule has 8 heteroatoms. The van der Waals surface area contributed by atoms with Gasteiger partial charge in [-0.25, -0.2) is 8.78 Å². The third kappa shape index (κ3) is 4.28. The SMILES string of the molecule is O=[N+]([O-])c1ccc(Br)cc1CNCC(F)(F)CO. The van der Waals surface area contributed by atoms with Crippen LogP contribution >= 0.6 is 15.9 Å². The molecule has 0 radical (unpaired) electrons. The minimum atomic E-state index is -3.24. The highest BCUT2D eigenvalue weighted by molar-refractivity contribution is 9.10. The molecular formula is C10H11BrF2N2O3. The van der Waals surface area contributed by atoms with Gasteiger partial charge >= 0.3 is 0 Å². The van der Waals surface area contributed by atoms with Gasteiger partial charge in [0.25, 0.3) is 11.6 Å². The van der Waals surface area contributed by atoms with E-state index >= 15 is 0 Å². The first kappa shape index (κ1) is 14.9. The highest BCUT2D eigenvalue weighted by Gasteiger charge is 2.27. The number of alkyl halides is 2. The Bertz CT molecular complexity index is 443. The maximum atomic E-state index is 12.7. The number of nitrogens with one attached hydrogen (secondary N) is 1. The molecule has 0 saturated carbocycles. The van der Waals surface area contributed by atoms with E-state index in [-0.39, 0.29) is 12.2 Å². The molecular weight excluding hydrogens is 314 g/mol. The predicted octanol–water partition coefficient (Wildman–Crippen LogP) is 2.07. The summed E-state index contributed by atoms with van der Waals surface area (Å²) in [6, 6.07) is 4.29. The van der Waals surface area contributed by atoms with Crippen LogP contribution in [0.1, 0.15) is 5.56 Å². The molecule has 0 atom stereocenters. The van der Waals surface area contributed by atoms with Gasteiger partial charge in [-0.05, 0) is 12.1 Å². The van der Waals surface area contributed by atoms with E-state index < -0.39 is 24.0 Å². The Kier molecular flexibility index (Phi) is 5.12. The summed E-state index contributed by atoms with van der Waals surface area (Å²) in [6.45, 7) is -2.08. The maximum Gasteiger partial charge on any atom is 0.282 e. The smallest absolute Gasteiger partial charge is 0.282 e. The fraction of sp³-hybridized carbons (Fsp3) is 0.400. The van der Waals surface area contributed by atoms with Crippen molar-refractivity contribution in [2.24, 2.45) is 0 Å². The van der Waals surface area contributed by atoms with Crippen LogP contribution in [0, 0.1) is 10.1 Å². The summed E-state index contributed by atoms with van der Waals surface area (Å²) in [5, 5.41) is 21.5. The van der Waals surface area contributed by atoms with Gasteiger partial charge in [-0.3, -0.25) is 10.1 Å². The molecule has 0 spiro atoms. The number of aliphatic hydroxyl groups excluding tert-OH is 1. The van der Waals surface area contributed by atoms with Crippen LogP contribution in [0.15, 0.2) is 22.7 Å². The molecule has 0 bridgehead atoms. The Morgan fingerprint density at radius 2 is 2.17 bits per heavy atom. The molecule has 1 aromatic rings. The monoisotopic (exact) mass is 324 g/mol. The second kappa shape index (κ2) is 6.17. The number of aliphatic hydroxyl groups is 1. The van der Waals surface area contributed by atoms with Crippen molar-refractivity contribution in [3.63, 3.8) is 0 Å². The minimum absolute atomic E-state index is 0.0780. The summed E-state index contributed by atoms with van der Waals surface area (Å²) in [5.74, 6) is -3.24. The molecule has 0 unspecified atom stereocenters. The highest BCUT2D eigenvalue weighted by atomic mass is 79.9. The van der Waals surface area contributed by atoms with Crippen LogP contribution in [-0.2, 0) is 6.54 Å². The van der Waals surface area contributed by atoms with Crippen LogP contribution in [0.5, 0.6) is 0 Å². The van der Waals surface area contributed by atoms with E-state index in [2.05, 4.69) is 21.2 Å². The molecule has 0 fully saturated rings. The standard InChI is InChI=1S/C10H11BrF2N2O3/c11-8-1-2-9(15(17)18)7(3-8)4-14-5-10(12,13)6-16/h1-3,14,16H,4-6H2. The molecule has 0 aliphatic carbocycles. The summed E-state index contributed by atoms with van der Waals surface area (Å²) in [7, 11) is 0. The lowest BCUT2D eigenvalue weighted by atomic mass is 10.2. The molecule has 0 amide bonds. The molecule has 1 rings (SSSR count). The molecule has 1 aromatic carbocycles. The molecule has 0 aromatic heterocycles. The molecule has 100 valence electrons. The van der Waals surface area contributed by atoms with Crippen molar-refractivity contribution < 1.29 is 18.8 Å². The third-order valence-corrected chi connectivity index (χ3v) is 2.66. The van der Waals surface area contributed by atoms with Gasteiger partial charge in [0, 0.05) is 22.6 Å². The third-order valence-electron chi connectivity index (χ3n) is 2.17. The number of benzene rings is 1. The van der Waals surface area contributed by atoms with E-state index in [9.17, 15) is 18.9 Å². The zero-order valence-corrected chi connectivity index (χ0v) is 10.8. The van der Waals surface area contributed by atoms with Gasteiger partial charge < -0.3 is 10.4 Å². The molecule has 2 N–H and O–H groups in total. The van der Waals surface area contributed by atoms with E-state index in [4.69, 9.17) is 5.11 Å². The van der Waals surface area contributed by atoms with Crippen LogP contribution in [0.4, 0.5) is 14.5 Å². The van der Waals surface area contributed by atoms with Gasteiger partial charge in [-0.2, -0.15) is 0 Å². The zero-order chi connectivity index (χ0) is 13.8. The van der Waals surface area contributed by atoms with Crippen molar-refractivity contribution in [2.45, 2.75) is 12.5 Å². The second-order valence-electron chi connectivity index (χ2n) is 3.65. The van der Waals surface area contributed by atoms with E-state index in [0.717, 1.165) is 0 Å². The molecule has 0 aliphatic rings. The number of nitro benzene ring substituents is 1. The van der Waals surface area contributed by atoms with Gasteiger partial charge in [0.05, 0.1) is 11.5 Å². The lowest BCUT2D eigenvalue weighted by Gasteiger charge is -2.14. The first-order valence-corrected chi connectivity index (χ1v) is 5.77. The predicted molar refractivity (Wildman–Crippen MR) is 64.5 cm³/mol. The van der Waals surface area contributed by atoms with Crippen LogP contribution < -0.4 is 5.32 Å². The Labute approximate surface area is 110 Å². The number of rotatable bonds is 6. The minimum Gasteiger partial charge on any atom is -0.390 e. The quantitative estimate of drug-likeness (QED) is 0.620. The van der Waals surface area contributed by atoms with Crippen molar-refractivity contribution in [2.75, 3.05) is 13.2 Å². The fourth-order valence-electron chi connectivity index (χ4n) is 1.31. The van der Waals surface area contributed by atoms with Gasteiger partial charge in [-0.15, -0.1) is 0 Å². The van der Waals surface area contributed by atoms with Crippen molar-refractivity contribution in [1.29, 1.82) is 0 Å². The van der Waals surface area contributed by atoms with Gasteiger partial charge in [0.1, 0.15) is 6.61 Å². The van der Waals surface area contributed by atoms with Gasteiger partial charge in [0.15, 0.2) is 0 Å². The van der Waals surface area contributed by atoms with Crippen LogP contribution in [-0.4, -0.2) is 29.1 Å². The lowest BCUT2D eigenvalue weighted by Crippen LogP contribution is -2.35. The summed E-state index contributed by atoms with van der Waals surface area (Å²) >= 11 is 3.15. The van der Waals surface area contributed by atoms with Crippen molar-refractivity contribution in [3.8, 4) is 0 Å². The van der Waals surface area contributed by atoms with Crippen molar-refractivity contribution in [1.82, 2.24) is 5.32 Å². The van der Waals surface area contributed by atoms with E-state index in [1.54, 1.807) is 0 Å². The van der Waals surface area contributed by atoms with Gasteiger partial charge in [-0.1, -0.05) is 15.9 Å². The van der Waals surface area contributed by atoms with Gasteiger partial charge in [0.2, 0.25) is 0 Å². The topological polar surface area (TPSA) is 75.4 Å². The molecule has 18 heavy (non-hydrogen) atoms. The van der Waals surface area contributed by atoms with E-state index in [0.29, 0.717) is 10.0 Å². The summed E-state index contributed by atoms with van der Waals surface area (Å²) < 4.78 is 26.1. The Morgan fingerprint density at radius 1 is 1.50 bits per heavy atom. The fourth-order valence-corrected chi connectivity index (χ4v) is 1.72. The Hall–Kier alpha value is -1.12. The molecule has 0 saturated heterocycles. The number of nitro groups is 1. The van der Waals surface area contributed by atoms with Crippen molar-refractivity contribution >= 4 is 21.6 Å². The lowest BCUT2D eigenvalue weighted by molar-refractivity contribution is -0.385. The molecule has 0 heterocycles. The maximum absolute atomic E-state index is 12.7. The average molecular weight is 325 g/mol. The zero-order valence-electron chi connectivity index (χ0n) is 9.20. The highest BCUT2D eigenvalue weighted by Crippen LogP contribution is 2.23. The largest absolute Gasteiger partial charge is 0.390 e. The van der Waals surface area contributed by atoms with Crippen LogP contribution in [0.2, 0.25) is 0 Å². The molecule has 5 nitrogen and oxygen atoms in total. The van der Waals surface area contributed by atoms with Crippen LogP contribution in [0.25, 0.3) is 0 Å². The number of hydrogen-bond acceptors (Lipinski definition) is 4. The second-order valence-corrected chi connectivity index (χ2v) is 4.56. The summed E-state index contributed by atoms with van der Waals surface area (Å²) in [4.78, 5) is 10.1. The van der Waals surface area contributed by atoms with Crippen molar-refractivity contribution in [3.05, 3.63) is 38.3 Å². The summed E-state index contributed by atoms with van der Waals surface area (Å²) in [5.41, 5.74) is 0.154. The number of hydrogen-bond donors (Lipinski definition) is 2. The summed E-state index contributed by atoms with van der Waals surface area (Å²) in [6.07, 6.45) is 0. The number of halogens is 3. The van der Waals surface area contributed by atoms with Crippen LogP contribution in [0.3, 0.4) is 0 Å². The first-order valence-electron chi connectivity index (χ1n) is 4.98. The van der Waals surface area contributed by atoms with E-state index in [1.807, 2.05) is 0 Å². The number of nitrogens with zero attached hydrogens (tertiary/aromatic N) is 1.